The molecule has 0 N–H and O–H groups in total. The molecule has 3 heterocycles. The smallest absolute Gasteiger partial charge is 0.254 e. The summed E-state index contributed by atoms with van der Waals surface area (Å²) in [6.45, 7) is 5.82. The average molecular weight is 345 g/mol. The van der Waals surface area contributed by atoms with Gasteiger partial charge >= 0.3 is 0 Å². The maximum Gasteiger partial charge on any atom is 0.254 e. The van der Waals surface area contributed by atoms with Crippen LogP contribution in [0.3, 0.4) is 0 Å². The van der Waals surface area contributed by atoms with E-state index in [1.165, 1.54) is 6.42 Å². The minimum atomic E-state index is -0.107. The highest BCUT2D eigenvalue weighted by molar-refractivity contribution is 7.08. The van der Waals surface area contributed by atoms with E-state index in [-0.39, 0.29) is 11.3 Å². The van der Waals surface area contributed by atoms with E-state index in [0.717, 1.165) is 43.1 Å². The van der Waals surface area contributed by atoms with Gasteiger partial charge in [0.05, 0.1) is 11.0 Å². The molecule has 1 saturated carbocycles. The van der Waals surface area contributed by atoms with Gasteiger partial charge in [0.25, 0.3) is 5.91 Å². The molecule has 5 nitrogen and oxygen atoms in total. The maximum absolute atomic E-state index is 12.7. The van der Waals surface area contributed by atoms with Crippen LogP contribution in [-0.4, -0.2) is 34.0 Å². The number of hydrogen-bond acceptors (Lipinski definition) is 5. The molecular formula is C18H23N3O2S. The molecule has 1 aliphatic carbocycles. The van der Waals surface area contributed by atoms with Crippen LogP contribution in [0, 0.1) is 11.8 Å². The molecule has 2 aromatic rings. The van der Waals surface area contributed by atoms with Crippen molar-refractivity contribution in [2.24, 2.45) is 11.8 Å². The Morgan fingerprint density at radius 3 is 3.17 bits per heavy atom. The molecule has 1 amide bonds. The minimum Gasteiger partial charge on any atom is -0.339 e. The number of fused-ring (bicyclic) bond motifs is 1. The van der Waals surface area contributed by atoms with E-state index in [1.807, 2.05) is 21.7 Å². The average Bonchev–Trinajstić information content (AvgIpc) is 3.29. The zero-order valence-corrected chi connectivity index (χ0v) is 15.0. The van der Waals surface area contributed by atoms with Gasteiger partial charge in [-0.3, -0.25) is 4.79 Å². The topological polar surface area (TPSA) is 59.2 Å². The lowest BCUT2D eigenvalue weighted by molar-refractivity contribution is 0.0777. The van der Waals surface area contributed by atoms with Crippen LogP contribution in [-0.2, 0) is 11.8 Å². The molecule has 0 aromatic carbocycles. The number of carbonyl (C=O) groups excluding carboxylic acids is 1. The number of thiophene rings is 1. The predicted molar refractivity (Wildman–Crippen MR) is 92.1 cm³/mol. The fourth-order valence-corrected chi connectivity index (χ4v) is 4.90. The second-order valence-corrected chi connectivity index (χ2v) is 8.33. The lowest BCUT2D eigenvalue weighted by Gasteiger charge is -2.24. The first-order valence-corrected chi connectivity index (χ1v) is 9.67. The number of nitrogens with zero attached hydrogens (tertiary/aromatic N) is 3. The van der Waals surface area contributed by atoms with Crippen molar-refractivity contribution in [2.45, 2.75) is 44.9 Å². The summed E-state index contributed by atoms with van der Waals surface area (Å²) in [6, 6.07) is 1.91. The summed E-state index contributed by atoms with van der Waals surface area (Å²) in [6.07, 6.45) is 4.18. The van der Waals surface area contributed by atoms with Gasteiger partial charge in [-0.1, -0.05) is 25.4 Å². The molecule has 6 heteroatoms. The van der Waals surface area contributed by atoms with E-state index >= 15 is 0 Å². The van der Waals surface area contributed by atoms with E-state index < -0.39 is 0 Å². The van der Waals surface area contributed by atoms with E-state index in [1.54, 1.807) is 11.3 Å². The largest absolute Gasteiger partial charge is 0.339 e. The van der Waals surface area contributed by atoms with Gasteiger partial charge in [-0.25, -0.2) is 0 Å². The molecule has 24 heavy (non-hydrogen) atoms. The first-order chi connectivity index (χ1) is 11.6. The fraction of sp³-hybridized carbons (Fsp3) is 0.611. The van der Waals surface area contributed by atoms with E-state index in [4.69, 9.17) is 9.51 Å². The van der Waals surface area contributed by atoms with Crippen molar-refractivity contribution in [3.63, 3.8) is 0 Å². The SMILES string of the molecule is CC(C)Cc1nc(C23CCCC2CN(C(=O)c2ccsc2)C3)no1. The Labute approximate surface area is 146 Å². The number of carbonyl (C=O) groups is 1. The molecule has 1 saturated heterocycles. The number of rotatable bonds is 4. The Morgan fingerprint density at radius 1 is 1.54 bits per heavy atom. The van der Waals surface area contributed by atoms with E-state index in [0.29, 0.717) is 18.4 Å². The summed E-state index contributed by atoms with van der Waals surface area (Å²) < 4.78 is 5.50. The maximum atomic E-state index is 12.7. The van der Waals surface area contributed by atoms with E-state index in [2.05, 4.69) is 19.0 Å². The van der Waals surface area contributed by atoms with Crippen molar-refractivity contribution in [1.29, 1.82) is 0 Å². The Morgan fingerprint density at radius 2 is 2.42 bits per heavy atom. The van der Waals surface area contributed by atoms with Crippen molar-refractivity contribution < 1.29 is 9.32 Å². The normalized spacial score (nSPS) is 26.3. The first-order valence-electron chi connectivity index (χ1n) is 8.73. The monoisotopic (exact) mass is 345 g/mol. The molecule has 2 fully saturated rings. The molecule has 1 aliphatic heterocycles. The van der Waals surface area contributed by atoms with Gasteiger partial charge in [-0.2, -0.15) is 16.3 Å². The molecule has 0 radical (unpaired) electrons. The summed E-state index contributed by atoms with van der Waals surface area (Å²) in [7, 11) is 0. The molecule has 2 aliphatic rings. The first kappa shape index (κ1) is 15.8. The Balaban J connectivity index is 1.59. The van der Waals surface area contributed by atoms with Gasteiger partial charge in [-0.05, 0) is 36.1 Å². The van der Waals surface area contributed by atoms with Gasteiger partial charge < -0.3 is 9.42 Å². The van der Waals surface area contributed by atoms with Crippen LogP contribution < -0.4 is 0 Å². The number of amides is 1. The van der Waals surface area contributed by atoms with Gasteiger partial charge in [-0.15, -0.1) is 0 Å². The Bertz CT molecular complexity index is 724. The van der Waals surface area contributed by atoms with Crippen LogP contribution in [0.15, 0.2) is 21.3 Å². The van der Waals surface area contributed by atoms with E-state index in [9.17, 15) is 4.79 Å². The molecule has 0 bridgehead atoms. The Kier molecular flexibility index (Phi) is 3.95. The number of hydrogen-bond donors (Lipinski definition) is 0. The summed E-state index contributed by atoms with van der Waals surface area (Å²) in [5.74, 6) is 2.62. The predicted octanol–water partition coefficient (Wildman–Crippen LogP) is 3.52. The second kappa shape index (κ2) is 5.99. The van der Waals surface area contributed by atoms with Crippen molar-refractivity contribution in [3.8, 4) is 0 Å². The lowest BCUT2D eigenvalue weighted by Crippen LogP contribution is -2.35. The molecule has 2 aromatic heterocycles. The van der Waals surface area contributed by atoms with Crippen LogP contribution >= 0.6 is 11.3 Å². The highest BCUT2D eigenvalue weighted by Crippen LogP contribution is 2.49. The number of likely N-dealkylation sites (tertiary alicyclic amines) is 1. The summed E-state index contributed by atoms with van der Waals surface area (Å²) in [5, 5.41) is 8.20. The summed E-state index contributed by atoms with van der Waals surface area (Å²) in [4.78, 5) is 19.4. The number of aromatic nitrogens is 2. The molecular weight excluding hydrogens is 322 g/mol. The van der Waals surface area contributed by atoms with Gasteiger partial charge in [0.15, 0.2) is 5.82 Å². The summed E-state index contributed by atoms with van der Waals surface area (Å²) >= 11 is 1.57. The van der Waals surface area contributed by atoms with Crippen LogP contribution in [0.2, 0.25) is 0 Å². The van der Waals surface area contributed by atoms with Gasteiger partial charge in [0.2, 0.25) is 5.89 Å². The van der Waals surface area contributed by atoms with Crippen LogP contribution in [0.5, 0.6) is 0 Å². The third-order valence-electron chi connectivity index (χ3n) is 5.42. The van der Waals surface area contributed by atoms with Crippen LogP contribution in [0.4, 0.5) is 0 Å². The molecule has 0 spiro atoms. The molecule has 128 valence electrons. The van der Waals surface area contributed by atoms with Crippen LogP contribution in [0.1, 0.15) is 55.2 Å². The quantitative estimate of drug-likeness (QED) is 0.850. The minimum absolute atomic E-state index is 0.107. The zero-order chi connectivity index (χ0) is 16.7. The van der Waals surface area contributed by atoms with Gasteiger partial charge in [0, 0.05) is 24.9 Å². The van der Waals surface area contributed by atoms with Crippen molar-refractivity contribution in [1.82, 2.24) is 15.0 Å². The van der Waals surface area contributed by atoms with Crippen molar-refractivity contribution >= 4 is 17.2 Å². The third-order valence-corrected chi connectivity index (χ3v) is 6.11. The molecule has 2 atom stereocenters. The van der Waals surface area contributed by atoms with Gasteiger partial charge in [0.1, 0.15) is 0 Å². The highest BCUT2D eigenvalue weighted by atomic mass is 32.1. The third kappa shape index (κ3) is 2.57. The van der Waals surface area contributed by atoms with Crippen molar-refractivity contribution in [2.75, 3.05) is 13.1 Å². The molecule has 4 rings (SSSR count). The standard InChI is InChI=1S/C18H23N3O2S/c1-12(2)8-15-19-17(20-23-15)18-6-3-4-14(18)9-21(11-18)16(22)13-5-7-24-10-13/h5,7,10,12,14H,3-4,6,8-9,11H2,1-2H3. The fourth-order valence-electron chi connectivity index (χ4n) is 4.27. The molecule has 2 unspecified atom stereocenters. The highest BCUT2D eigenvalue weighted by Gasteiger charge is 2.54. The summed E-state index contributed by atoms with van der Waals surface area (Å²) in [5.41, 5.74) is 0.688. The second-order valence-electron chi connectivity index (χ2n) is 7.55. The zero-order valence-electron chi connectivity index (χ0n) is 14.2. The van der Waals surface area contributed by atoms with Crippen molar-refractivity contribution in [3.05, 3.63) is 34.1 Å². The lowest BCUT2D eigenvalue weighted by atomic mass is 9.80. The van der Waals surface area contributed by atoms with Crippen LogP contribution in [0.25, 0.3) is 0 Å². The Hall–Kier alpha value is -1.69.